The number of halogens is 1. The molecule has 0 unspecified atom stereocenters. The van der Waals surface area contributed by atoms with E-state index in [1.54, 1.807) is 38.1 Å². The van der Waals surface area contributed by atoms with Gasteiger partial charge < -0.3 is 19.7 Å². The quantitative estimate of drug-likeness (QED) is 0.119. The predicted octanol–water partition coefficient (Wildman–Crippen LogP) is 10.4. The van der Waals surface area contributed by atoms with E-state index < -0.39 is 11.9 Å². The standard InChI is InChI=1S/C22H22O3S.C13H14S.C9H9IO3/c1-4-25-21(24)17-9-7-16(14-19(17)23)6-5-15-8-10-20-18(13-15)22(2,3)11-12-26-20;1-4-10-5-6-12-11(9-10)13(2,3)7-8-14-12;1-2-13-9(12)7-4-3-6(10)5-8(7)11/h7-10,13-14,23H,4,11-12H2,1-3H3;1,5-6,9H,7-8H2,2-3H3;3-5,11H,2H2,1H3. The Morgan fingerprint density at radius 3 is 1.60 bits per heavy atom. The number of carbonyl (C=O) groups is 2. The van der Waals surface area contributed by atoms with Gasteiger partial charge in [-0.3, -0.25) is 0 Å². The molecule has 276 valence electrons. The summed E-state index contributed by atoms with van der Waals surface area (Å²) in [6, 6.07) is 22.3. The fourth-order valence-corrected chi connectivity index (χ4v) is 9.11. The molecule has 0 aliphatic carbocycles. The first-order valence-corrected chi connectivity index (χ1v) is 20.4. The highest BCUT2D eigenvalue weighted by atomic mass is 127. The number of hydrogen-bond acceptors (Lipinski definition) is 8. The van der Waals surface area contributed by atoms with Gasteiger partial charge in [-0.1, -0.05) is 45.5 Å². The van der Waals surface area contributed by atoms with E-state index >= 15 is 0 Å². The van der Waals surface area contributed by atoms with E-state index in [4.69, 9.17) is 15.9 Å². The normalized spacial score (nSPS) is 14.5. The maximum Gasteiger partial charge on any atom is 0.341 e. The van der Waals surface area contributed by atoms with E-state index in [1.807, 2.05) is 35.7 Å². The lowest BCUT2D eigenvalue weighted by atomic mass is 9.81. The van der Waals surface area contributed by atoms with E-state index in [0.717, 1.165) is 26.9 Å². The highest BCUT2D eigenvalue weighted by Gasteiger charge is 2.28. The zero-order valence-corrected chi connectivity index (χ0v) is 34.8. The van der Waals surface area contributed by atoms with Crippen LogP contribution in [0.2, 0.25) is 0 Å². The van der Waals surface area contributed by atoms with E-state index in [-0.39, 0.29) is 40.1 Å². The summed E-state index contributed by atoms with van der Waals surface area (Å²) < 4.78 is 10.5. The van der Waals surface area contributed by atoms with Crippen LogP contribution in [0.25, 0.3) is 0 Å². The van der Waals surface area contributed by atoms with Gasteiger partial charge in [0.05, 0.1) is 13.2 Å². The number of phenolic OH excluding ortho intramolecular Hbond substituents is 2. The molecular weight excluding hydrogens is 816 g/mol. The van der Waals surface area contributed by atoms with Crippen LogP contribution in [0.15, 0.2) is 82.6 Å². The lowest BCUT2D eigenvalue weighted by Gasteiger charge is -2.32. The smallest absolute Gasteiger partial charge is 0.341 e. The van der Waals surface area contributed by atoms with Gasteiger partial charge in [0.1, 0.15) is 22.6 Å². The van der Waals surface area contributed by atoms with Crippen molar-refractivity contribution in [2.45, 2.75) is 75.0 Å². The summed E-state index contributed by atoms with van der Waals surface area (Å²) in [7, 11) is 0. The molecule has 4 aromatic carbocycles. The zero-order chi connectivity index (χ0) is 38.8. The summed E-state index contributed by atoms with van der Waals surface area (Å²) >= 11 is 5.90. The molecule has 2 aliphatic heterocycles. The molecule has 2 N–H and O–H groups in total. The number of thioether (sulfide) groups is 2. The molecule has 0 spiro atoms. The molecule has 0 radical (unpaired) electrons. The lowest BCUT2D eigenvalue weighted by molar-refractivity contribution is 0.0513. The van der Waals surface area contributed by atoms with Crippen molar-refractivity contribution >= 4 is 58.1 Å². The number of hydrogen-bond donors (Lipinski definition) is 2. The zero-order valence-electron chi connectivity index (χ0n) is 31.0. The molecule has 2 aliphatic rings. The summed E-state index contributed by atoms with van der Waals surface area (Å²) in [6.07, 6.45) is 7.81. The first kappa shape index (κ1) is 41.7. The number of aromatic hydroxyl groups is 2. The van der Waals surface area contributed by atoms with Crippen LogP contribution in [0.4, 0.5) is 0 Å². The monoisotopic (exact) mass is 860 g/mol. The minimum absolute atomic E-state index is 0.0367. The van der Waals surface area contributed by atoms with Gasteiger partial charge in [0, 0.05) is 30.1 Å². The van der Waals surface area contributed by atoms with Crippen LogP contribution in [-0.2, 0) is 20.3 Å². The highest BCUT2D eigenvalue weighted by Crippen LogP contribution is 2.42. The van der Waals surface area contributed by atoms with Crippen LogP contribution in [0.3, 0.4) is 0 Å². The Kier molecular flexibility index (Phi) is 14.8. The maximum atomic E-state index is 11.7. The number of ether oxygens (including phenoxy) is 2. The average Bonchev–Trinajstić information content (AvgIpc) is 3.11. The van der Waals surface area contributed by atoms with Crippen LogP contribution in [0.1, 0.15) is 103 Å². The second-order valence-electron chi connectivity index (χ2n) is 13.6. The molecule has 4 aromatic rings. The molecule has 9 heteroatoms. The van der Waals surface area contributed by atoms with Crippen molar-refractivity contribution in [3.63, 3.8) is 0 Å². The summed E-state index contributed by atoms with van der Waals surface area (Å²) in [6.45, 7) is 13.2. The second kappa shape index (κ2) is 18.8. The van der Waals surface area contributed by atoms with Gasteiger partial charge in [-0.2, -0.15) is 0 Å². The fourth-order valence-electron chi connectivity index (χ4n) is 5.66. The molecule has 6 nitrogen and oxygen atoms in total. The minimum atomic E-state index is -0.529. The van der Waals surface area contributed by atoms with Crippen molar-refractivity contribution in [2.24, 2.45) is 0 Å². The first-order valence-electron chi connectivity index (χ1n) is 17.4. The molecule has 0 saturated carbocycles. The van der Waals surface area contributed by atoms with Gasteiger partial charge in [0.25, 0.3) is 0 Å². The molecule has 53 heavy (non-hydrogen) atoms. The fraction of sp³-hybridized carbons (Fsp3) is 0.318. The third-order valence-corrected chi connectivity index (χ3v) is 11.7. The summed E-state index contributed by atoms with van der Waals surface area (Å²) in [4.78, 5) is 25.7. The van der Waals surface area contributed by atoms with Crippen molar-refractivity contribution in [1.82, 2.24) is 0 Å². The van der Waals surface area contributed by atoms with Crippen molar-refractivity contribution in [2.75, 3.05) is 24.7 Å². The van der Waals surface area contributed by atoms with E-state index in [1.165, 1.54) is 45.2 Å². The van der Waals surface area contributed by atoms with E-state index in [9.17, 15) is 19.8 Å². The van der Waals surface area contributed by atoms with Crippen molar-refractivity contribution < 1.29 is 29.3 Å². The topological polar surface area (TPSA) is 93.1 Å². The average molecular weight is 861 g/mol. The number of esters is 2. The molecule has 0 fully saturated rings. The number of phenols is 2. The Balaban J connectivity index is 0.000000196. The number of rotatable bonds is 4. The molecule has 0 aromatic heterocycles. The van der Waals surface area contributed by atoms with Crippen LogP contribution in [0, 0.1) is 27.8 Å². The third-order valence-electron chi connectivity index (χ3n) is 8.85. The number of fused-ring (bicyclic) bond motifs is 2. The summed E-state index contributed by atoms with van der Waals surface area (Å²) in [5, 5.41) is 19.4. The predicted molar refractivity (Wildman–Crippen MR) is 224 cm³/mol. The molecule has 0 bridgehead atoms. The van der Waals surface area contributed by atoms with Gasteiger partial charge in [-0.15, -0.1) is 29.9 Å². The Morgan fingerprint density at radius 2 is 1.13 bits per heavy atom. The number of carbonyl (C=O) groups excluding carboxylic acids is 2. The van der Waals surface area contributed by atoms with Crippen molar-refractivity contribution in [3.05, 3.63) is 115 Å². The van der Waals surface area contributed by atoms with Crippen LogP contribution in [0.5, 0.6) is 11.5 Å². The molecule has 0 saturated heterocycles. The van der Waals surface area contributed by atoms with E-state index in [0.29, 0.717) is 12.2 Å². The summed E-state index contributed by atoms with van der Waals surface area (Å²) in [5.74, 6) is 10.1. The van der Waals surface area contributed by atoms with Crippen molar-refractivity contribution in [3.8, 4) is 35.7 Å². The number of benzene rings is 4. The largest absolute Gasteiger partial charge is 0.507 e. The van der Waals surface area contributed by atoms with Gasteiger partial charge in [0.15, 0.2) is 0 Å². The Bertz CT molecular complexity index is 2070. The maximum absolute atomic E-state index is 11.7. The van der Waals surface area contributed by atoms with Crippen LogP contribution >= 0.6 is 46.1 Å². The molecule has 2 heterocycles. The third kappa shape index (κ3) is 11.2. The molecule has 0 atom stereocenters. The van der Waals surface area contributed by atoms with E-state index in [2.05, 4.69) is 92.3 Å². The Labute approximate surface area is 336 Å². The molecule has 6 rings (SSSR count). The van der Waals surface area contributed by atoms with Gasteiger partial charge in [0.2, 0.25) is 0 Å². The summed E-state index contributed by atoms with van der Waals surface area (Å²) in [5.41, 5.74) is 6.19. The Morgan fingerprint density at radius 1 is 0.698 bits per heavy atom. The lowest BCUT2D eigenvalue weighted by Crippen LogP contribution is -2.22. The first-order chi connectivity index (χ1) is 25.2. The van der Waals surface area contributed by atoms with Crippen LogP contribution < -0.4 is 0 Å². The number of terminal acetylenes is 1. The SMILES string of the molecule is C#Cc1ccc2c(c1)C(C)(C)CCS2.CCOC(=O)c1ccc(C#Cc2ccc3c(c2)C(C)(C)CCS3)cc1O.CCOC(=O)c1ccc(I)cc1O. The van der Waals surface area contributed by atoms with Gasteiger partial charge in [-0.05, 0) is 156 Å². The van der Waals surface area contributed by atoms with Crippen LogP contribution in [-0.4, -0.2) is 46.9 Å². The van der Waals surface area contributed by atoms with Crippen molar-refractivity contribution in [1.29, 1.82) is 0 Å². The second-order valence-corrected chi connectivity index (χ2v) is 17.1. The minimum Gasteiger partial charge on any atom is -0.507 e. The Hall–Kier alpha value is -4.03. The van der Waals surface area contributed by atoms with Gasteiger partial charge >= 0.3 is 11.9 Å². The van der Waals surface area contributed by atoms with Gasteiger partial charge in [-0.25, -0.2) is 9.59 Å². The molecular formula is C44H45IO6S2. The molecule has 0 amide bonds. The highest BCUT2D eigenvalue weighted by molar-refractivity contribution is 14.1.